The topological polar surface area (TPSA) is 24.1 Å². The van der Waals surface area contributed by atoms with Crippen molar-refractivity contribution >= 4 is 114 Å². The third-order valence-corrected chi connectivity index (χ3v) is 12.4. The number of anilines is 2. The zero-order valence-electron chi connectivity index (χ0n) is 33.4. The Hall–Kier alpha value is -5.21. The molecule has 288 valence electrons. The number of halogens is 2. The van der Waals surface area contributed by atoms with Gasteiger partial charge < -0.3 is 9.80 Å². The number of rotatable bonds is 12. The van der Waals surface area contributed by atoms with Crippen LogP contribution in [0.1, 0.15) is 22.8 Å². The molecule has 2 aromatic heterocycles. The molecule has 0 spiro atoms. The van der Waals surface area contributed by atoms with Crippen LogP contribution in [0.5, 0.6) is 0 Å². The van der Waals surface area contributed by atoms with Crippen molar-refractivity contribution in [1.82, 2.24) is 9.13 Å². The van der Waals surface area contributed by atoms with Gasteiger partial charge in [0.25, 0.3) is 11.6 Å². The molecule has 57 heavy (non-hydrogen) atoms. The molecule has 2 heterocycles. The third-order valence-electron chi connectivity index (χ3n) is 11.0. The summed E-state index contributed by atoms with van der Waals surface area (Å²) < 4.78 is 9.37. The first kappa shape index (κ1) is 38.7. The lowest BCUT2D eigenvalue weighted by Crippen LogP contribution is -2.39. The molecule has 0 N–H and O–H groups in total. The Morgan fingerprint density at radius 3 is 1.33 bits per heavy atom. The van der Waals surface area contributed by atoms with E-state index in [1.54, 1.807) is 0 Å². The van der Waals surface area contributed by atoms with Gasteiger partial charge in [0.2, 0.25) is 0 Å². The quantitative estimate of drug-likeness (QED) is 0.0907. The largest absolute Gasteiger partial charge is 0.377 e. The summed E-state index contributed by atoms with van der Waals surface area (Å²) in [4.78, 5) is 4.35. The molecule has 8 aromatic rings. The van der Waals surface area contributed by atoms with Crippen LogP contribution in [0, 0.1) is 0 Å². The molecule has 6 nitrogen and oxygen atoms in total. The van der Waals surface area contributed by atoms with E-state index in [4.69, 9.17) is 23.2 Å². The van der Waals surface area contributed by atoms with Crippen LogP contribution < -0.4 is 18.9 Å². The number of hydrogen-bond acceptors (Lipinski definition) is 3. The Bertz CT molecular complexity index is 2650. The van der Waals surface area contributed by atoms with Gasteiger partial charge in [-0.05, 0) is 70.4 Å². The van der Waals surface area contributed by atoms with E-state index in [0.29, 0.717) is 0 Å². The standard InChI is InChI=1S/C48H48Cl2N6S/c1-51(2)41-21-15-33(37-11-7-9-13-39(37)41)17-25-47-53(5)45-31-35(49)19-23-43(45)55(47)27-29-57-30-28-56-44-24-20-36(50)32-46(44)54(6)48(56)26-18-34-16-22-42(52(3)4)40-14-10-8-12-38(34)40/h7-26,31-32H,27-30H2,1-6H3/q+2. The number of benzene rings is 6. The molecule has 0 aliphatic rings. The van der Waals surface area contributed by atoms with E-state index < -0.39 is 0 Å². The summed E-state index contributed by atoms with van der Waals surface area (Å²) in [5.41, 5.74) is 9.39. The number of aryl methyl sites for hydroxylation is 4. The molecular weight excluding hydrogens is 764 g/mol. The van der Waals surface area contributed by atoms with E-state index in [1.165, 1.54) is 55.1 Å². The maximum absolute atomic E-state index is 6.53. The average Bonchev–Trinajstić information content (AvgIpc) is 3.62. The number of aromatic nitrogens is 4. The summed E-state index contributed by atoms with van der Waals surface area (Å²) in [5, 5.41) is 6.44. The first-order chi connectivity index (χ1) is 27.6. The van der Waals surface area contributed by atoms with Crippen LogP contribution in [0.15, 0.2) is 109 Å². The summed E-state index contributed by atoms with van der Waals surface area (Å²) in [7, 11) is 12.7. The summed E-state index contributed by atoms with van der Waals surface area (Å²) >= 11 is 15.0. The molecule has 0 aliphatic carbocycles. The van der Waals surface area contributed by atoms with Gasteiger partial charge in [0, 0.05) is 96.2 Å². The minimum absolute atomic E-state index is 0.738. The van der Waals surface area contributed by atoms with Gasteiger partial charge in [0.15, 0.2) is 22.1 Å². The molecule has 0 fully saturated rings. The van der Waals surface area contributed by atoms with Crippen molar-refractivity contribution in [3.8, 4) is 0 Å². The molecule has 0 saturated heterocycles. The lowest BCUT2D eigenvalue weighted by Gasteiger charge is -2.16. The summed E-state index contributed by atoms with van der Waals surface area (Å²) in [6.45, 7) is 1.73. The van der Waals surface area contributed by atoms with Crippen LogP contribution in [-0.4, -0.2) is 48.8 Å². The summed E-state index contributed by atoms with van der Waals surface area (Å²) in [6, 6.07) is 38.6. The van der Waals surface area contributed by atoms with Crippen molar-refractivity contribution in [1.29, 1.82) is 0 Å². The van der Waals surface area contributed by atoms with E-state index in [-0.39, 0.29) is 0 Å². The van der Waals surface area contributed by atoms with E-state index in [1.807, 2.05) is 23.9 Å². The van der Waals surface area contributed by atoms with E-state index in [9.17, 15) is 0 Å². The fourth-order valence-corrected chi connectivity index (χ4v) is 9.30. The number of imidazole rings is 2. The maximum Gasteiger partial charge on any atom is 0.282 e. The zero-order chi connectivity index (χ0) is 39.8. The zero-order valence-corrected chi connectivity index (χ0v) is 35.7. The van der Waals surface area contributed by atoms with Gasteiger partial charge in [0.05, 0.1) is 14.1 Å². The van der Waals surface area contributed by atoms with Crippen molar-refractivity contribution < 1.29 is 9.13 Å². The summed E-state index contributed by atoms with van der Waals surface area (Å²) in [5.74, 6) is 4.18. The molecule has 0 saturated carbocycles. The van der Waals surface area contributed by atoms with Crippen LogP contribution >= 0.6 is 35.0 Å². The highest BCUT2D eigenvalue weighted by atomic mass is 35.5. The molecule has 9 heteroatoms. The van der Waals surface area contributed by atoms with Crippen LogP contribution in [0.25, 0.3) is 67.9 Å². The second kappa shape index (κ2) is 16.3. The molecule has 0 bridgehead atoms. The molecule has 6 aromatic carbocycles. The Morgan fingerprint density at radius 1 is 0.526 bits per heavy atom. The maximum atomic E-state index is 6.53. The molecule has 0 aliphatic heterocycles. The van der Waals surface area contributed by atoms with Crippen molar-refractivity contribution in [3.05, 3.63) is 142 Å². The Kier molecular flexibility index (Phi) is 11.1. The first-order valence-electron chi connectivity index (χ1n) is 19.3. The van der Waals surface area contributed by atoms with Gasteiger partial charge in [-0.15, -0.1) is 0 Å². The molecule has 0 atom stereocenters. The lowest BCUT2D eigenvalue weighted by molar-refractivity contribution is -0.670. The van der Waals surface area contributed by atoms with Crippen molar-refractivity contribution in [3.63, 3.8) is 0 Å². The number of thioether (sulfide) groups is 1. The van der Waals surface area contributed by atoms with Gasteiger partial charge in [-0.25, -0.2) is 18.3 Å². The third kappa shape index (κ3) is 7.52. The lowest BCUT2D eigenvalue weighted by atomic mass is 10.0. The van der Waals surface area contributed by atoms with Gasteiger partial charge in [-0.3, -0.25) is 0 Å². The highest BCUT2D eigenvalue weighted by molar-refractivity contribution is 7.99. The van der Waals surface area contributed by atoms with Crippen molar-refractivity contribution in [2.75, 3.05) is 49.5 Å². The van der Waals surface area contributed by atoms with Gasteiger partial charge >= 0.3 is 0 Å². The second-order valence-electron chi connectivity index (χ2n) is 14.9. The normalized spacial score (nSPS) is 12.1. The Morgan fingerprint density at radius 2 is 0.930 bits per heavy atom. The molecule has 0 radical (unpaired) electrons. The smallest absolute Gasteiger partial charge is 0.282 e. The Balaban J connectivity index is 1.05. The molecular formula is C48H48Cl2N6S+2. The van der Waals surface area contributed by atoms with Gasteiger partial charge in [-0.1, -0.05) is 83.9 Å². The van der Waals surface area contributed by atoms with Crippen LogP contribution in [0.4, 0.5) is 11.4 Å². The van der Waals surface area contributed by atoms with E-state index in [0.717, 1.165) is 57.3 Å². The predicted octanol–water partition coefficient (Wildman–Crippen LogP) is 10.8. The second-order valence-corrected chi connectivity index (χ2v) is 17.0. The highest BCUT2D eigenvalue weighted by Crippen LogP contribution is 2.31. The minimum atomic E-state index is 0.738. The van der Waals surface area contributed by atoms with Crippen LogP contribution in [0.2, 0.25) is 10.0 Å². The van der Waals surface area contributed by atoms with Gasteiger partial charge in [-0.2, -0.15) is 11.8 Å². The van der Waals surface area contributed by atoms with Crippen LogP contribution in [-0.2, 0) is 27.2 Å². The monoisotopic (exact) mass is 810 g/mol. The fraction of sp³-hybridized carbons (Fsp3) is 0.208. The van der Waals surface area contributed by atoms with E-state index in [2.05, 4.69) is 192 Å². The average molecular weight is 812 g/mol. The number of nitrogens with zero attached hydrogens (tertiary/aromatic N) is 6. The first-order valence-corrected chi connectivity index (χ1v) is 21.2. The molecule has 0 unspecified atom stereocenters. The van der Waals surface area contributed by atoms with Crippen LogP contribution in [0.3, 0.4) is 0 Å². The highest BCUT2D eigenvalue weighted by Gasteiger charge is 2.23. The van der Waals surface area contributed by atoms with Crippen molar-refractivity contribution in [2.24, 2.45) is 14.1 Å². The van der Waals surface area contributed by atoms with Crippen molar-refractivity contribution in [2.45, 2.75) is 13.1 Å². The predicted molar refractivity (Wildman–Crippen MR) is 248 cm³/mol. The molecule has 0 amide bonds. The number of hydrogen-bond donors (Lipinski definition) is 0. The fourth-order valence-electron chi connectivity index (χ4n) is 8.14. The van der Waals surface area contributed by atoms with Gasteiger partial charge in [0.1, 0.15) is 13.1 Å². The Labute approximate surface area is 349 Å². The van der Waals surface area contributed by atoms with E-state index >= 15 is 0 Å². The minimum Gasteiger partial charge on any atom is -0.377 e. The summed E-state index contributed by atoms with van der Waals surface area (Å²) in [6.07, 6.45) is 9.00. The molecule has 8 rings (SSSR count). The SMILES string of the molecule is CN(C)c1ccc(C=Cc2n(C)c3cc(Cl)ccc3[n+]2CCSCC[n+]2c(C=Cc3ccc(N(C)C)c4ccccc34)n(C)c3cc(Cl)ccc32)c2ccccc12. The number of fused-ring (bicyclic) bond motifs is 4.